The first-order chi connectivity index (χ1) is 9.39. The van der Waals surface area contributed by atoms with Gasteiger partial charge in [-0.3, -0.25) is 5.09 Å². The Morgan fingerprint density at radius 3 is 2.32 bits per heavy atom. The monoisotopic (exact) mass is 314 g/mol. The largest absolute Gasteiger partial charge is 1.00 e. The summed E-state index contributed by atoms with van der Waals surface area (Å²) in [6.45, 7) is -0.843. The van der Waals surface area contributed by atoms with Crippen LogP contribution in [-0.4, -0.2) is 24.9 Å². The zero-order valence-corrected chi connectivity index (χ0v) is 13.3. The van der Waals surface area contributed by atoms with E-state index in [0.717, 1.165) is 5.56 Å². The molecule has 1 rings (SSSR count). The van der Waals surface area contributed by atoms with Gasteiger partial charge in [0.2, 0.25) is 0 Å². The summed E-state index contributed by atoms with van der Waals surface area (Å²) >= 11 is 0. The van der Waals surface area contributed by atoms with Crippen LogP contribution in [0.3, 0.4) is 0 Å². The van der Waals surface area contributed by atoms with Crippen molar-refractivity contribution in [3.63, 3.8) is 0 Å². The molecule has 0 fully saturated rings. The van der Waals surface area contributed by atoms with E-state index in [0.29, 0.717) is 0 Å². The Labute approximate surface area is 151 Å². The Morgan fingerprint density at radius 2 is 1.77 bits per heavy atom. The molecule has 0 aliphatic heterocycles. The quantitative estimate of drug-likeness (QED) is 0.378. The zero-order chi connectivity index (χ0) is 15.0. The molecule has 0 spiro atoms. The molecule has 1 unspecified atom stereocenters. The van der Waals surface area contributed by atoms with Crippen LogP contribution in [0.4, 0.5) is 4.79 Å². The summed E-state index contributed by atoms with van der Waals surface area (Å²) in [7, 11) is -4.23. The van der Waals surface area contributed by atoms with E-state index in [1.807, 2.05) is 5.32 Å². The Kier molecular flexibility index (Phi) is 12.7. The summed E-state index contributed by atoms with van der Waals surface area (Å²) in [4.78, 5) is 32.6. The van der Waals surface area contributed by atoms with Crippen molar-refractivity contribution < 1.29 is 66.6 Å². The predicted molar refractivity (Wildman–Crippen MR) is 65.2 cm³/mol. The fourth-order valence-corrected chi connectivity index (χ4v) is 2.00. The summed E-state index contributed by atoms with van der Waals surface area (Å²) in [6.07, 6.45) is -1.67. The van der Waals surface area contributed by atoms with Gasteiger partial charge in [0.25, 0.3) is 0 Å². The number of aliphatic carboxylic acids is 1. The molecule has 11 heteroatoms. The van der Waals surface area contributed by atoms with Gasteiger partial charge in [-0.2, -0.15) is 0 Å². The van der Waals surface area contributed by atoms with Crippen molar-refractivity contribution >= 4 is 19.6 Å². The molecular formula is C11H13Li2N2O6P. The Bertz CT molecular complexity index is 517. The van der Waals surface area contributed by atoms with Crippen molar-refractivity contribution in [3.05, 3.63) is 35.9 Å². The van der Waals surface area contributed by atoms with Crippen LogP contribution in [0.15, 0.2) is 30.3 Å². The minimum Gasteiger partial charge on any atom is -0.787 e. The van der Waals surface area contributed by atoms with Gasteiger partial charge in [0.1, 0.15) is 6.61 Å². The smallest absolute Gasteiger partial charge is 0.787 e. The van der Waals surface area contributed by atoms with E-state index >= 15 is 0 Å². The standard InChI is InChI=1S/C11H15N2O6P.2Li/c14-10(15)6-13-20(17,18)8-12-11(16)19-7-9-4-2-1-3-5-9;;/h1-5H,6-8H2,(H,12,16)(H,14,15)(H2,13,17,18);;/q;2*+1/p-2. The zero-order valence-electron chi connectivity index (χ0n) is 12.4. The molecule has 1 atom stereocenters. The van der Waals surface area contributed by atoms with Crippen LogP contribution < -0.4 is 58.1 Å². The number of benzene rings is 1. The fourth-order valence-electron chi connectivity index (χ4n) is 1.18. The molecule has 0 saturated heterocycles. The van der Waals surface area contributed by atoms with Crippen LogP contribution in [0.5, 0.6) is 0 Å². The second-order valence-corrected chi connectivity index (χ2v) is 5.76. The van der Waals surface area contributed by atoms with Gasteiger partial charge in [-0.1, -0.05) is 30.3 Å². The summed E-state index contributed by atoms with van der Waals surface area (Å²) in [6, 6.07) is 8.83. The maximum absolute atomic E-state index is 11.3. The first-order valence-electron chi connectivity index (χ1n) is 5.59. The SMILES string of the molecule is O=C([O-])CNP(=O)([O-])CNC(=O)OCc1ccccc1.[Li+].[Li+]. The molecular weight excluding hydrogens is 301 g/mol. The van der Waals surface area contributed by atoms with Gasteiger partial charge in [-0.05, 0) is 5.56 Å². The minimum absolute atomic E-state index is 0. The molecule has 0 saturated carbocycles. The topological polar surface area (TPSA) is 131 Å². The third kappa shape index (κ3) is 10.9. The average molecular weight is 314 g/mol. The number of hydrogen-bond donors (Lipinski definition) is 2. The number of carbonyl (C=O) groups excluding carboxylic acids is 2. The Hall–Kier alpha value is -0.695. The van der Waals surface area contributed by atoms with Gasteiger partial charge in [-0.15, -0.1) is 0 Å². The maximum Gasteiger partial charge on any atom is 1.00 e. The van der Waals surface area contributed by atoms with Gasteiger partial charge in [-0.25, -0.2) is 4.79 Å². The maximum atomic E-state index is 11.3. The number of alkyl carbamates (subject to hydrolysis) is 1. The molecule has 8 nitrogen and oxygen atoms in total. The third-order valence-corrected chi connectivity index (χ3v) is 3.32. The van der Waals surface area contributed by atoms with Gasteiger partial charge >= 0.3 is 43.8 Å². The number of rotatable bonds is 7. The van der Waals surface area contributed by atoms with Crippen molar-refractivity contribution in [2.75, 3.05) is 12.8 Å². The molecule has 2 N–H and O–H groups in total. The van der Waals surface area contributed by atoms with Crippen molar-refractivity contribution in [3.8, 4) is 0 Å². The van der Waals surface area contributed by atoms with Crippen LogP contribution >= 0.6 is 7.52 Å². The van der Waals surface area contributed by atoms with E-state index in [1.54, 1.807) is 35.4 Å². The molecule has 1 amide bonds. The molecule has 0 aromatic heterocycles. The van der Waals surface area contributed by atoms with E-state index in [2.05, 4.69) is 0 Å². The van der Waals surface area contributed by atoms with E-state index in [-0.39, 0.29) is 44.3 Å². The number of ether oxygens (including phenoxy) is 1. The van der Waals surface area contributed by atoms with Gasteiger partial charge in [0, 0.05) is 6.54 Å². The summed E-state index contributed by atoms with van der Waals surface area (Å²) in [5, 5.41) is 13.9. The van der Waals surface area contributed by atoms with Gasteiger partial charge < -0.3 is 29.4 Å². The summed E-state index contributed by atoms with van der Waals surface area (Å²) in [5.41, 5.74) is 0.753. The molecule has 110 valence electrons. The number of carboxylic acid groups (broad SMARTS) is 1. The normalized spacial score (nSPS) is 12.0. The average Bonchev–Trinajstić information content (AvgIpc) is 2.42. The van der Waals surface area contributed by atoms with Crippen LogP contribution in [0.2, 0.25) is 0 Å². The summed E-state index contributed by atoms with van der Waals surface area (Å²) in [5.74, 6) is -1.56. The number of hydrogen-bond acceptors (Lipinski definition) is 6. The number of nitrogens with one attached hydrogen (secondary N) is 2. The van der Waals surface area contributed by atoms with Crippen LogP contribution in [-0.2, 0) is 20.7 Å². The van der Waals surface area contributed by atoms with E-state index in [1.165, 1.54) is 0 Å². The first-order valence-corrected chi connectivity index (χ1v) is 7.40. The van der Waals surface area contributed by atoms with Gasteiger partial charge in [0.15, 0.2) is 0 Å². The molecule has 1 aromatic carbocycles. The Morgan fingerprint density at radius 1 is 1.18 bits per heavy atom. The first kappa shape index (κ1) is 23.6. The van der Waals surface area contributed by atoms with Crippen LogP contribution in [0, 0.1) is 0 Å². The Balaban J connectivity index is 0. The molecule has 0 bridgehead atoms. The van der Waals surface area contributed by atoms with E-state index < -0.39 is 32.4 Å². The van der Waals surface area contributed by atoms with Crippen LogP contribution in [0.25, 0.3) is 0 Å². The second-order valence-electron chi connectivity index (χ2n) is 3.78. The molecule has 22 heavy (non-hydrogen) atoms. The van der Waals surface area contributed by atoms with Gasteiger partial charge in [0.05, 0.1) is 19.8 Å². The number of carbonyl (C=O) groups is 2. The van der Waals surface area contributed by atoms with E-state index in [4.69, 9.17) is 4.74 Å². The molecule has 0 aliphatic rings. The summed E-state index contributed by atoms with van der Waals surface area (Å²) < 4.78 is 16.1. The number of carboxylic acids is 1. The van der Waals surface area contributed by atoms with E-state index in [9.17, 15) is 24.2 Å². The molecule has 1 aromatic rings. The molecule has 0 heterocycles. The van der Waals surface area contributed by atoms with Crippen molar-refractivity contribution in [1.29, 1.82) is 0 Å². The molecule has 0 radical (unpaired) electrons. The number of amides is 1. The predicted octanol–water partition coefficient (Wildman–Crippen LogP) is -7.23. The fraction of sp³-hybridized carbons (Fsp3) is 0.273. The minimum atomic E-state index is -4.23. The second kappa shape index (κ2) is 11.8. The van der Waals surface area contributed by atoms with Crippen molar-refractivity contribution in [2.24, 2.45) is 0 Å². The van der Waals surface area contributed by atoms with Crippen LogP contribution in [0.1, 0.15) is 5.56 Å². The molecule has 0 aliphatic carbocycles. The van der Waals surface area contributed by atoms with Crippen molar-refractivity contribution in [1.82, 2.24) is 10.4 Å². The van der Waals surface area contributed by atoms with Crippen molar-refractivity contribution in [2.45, 2.75) is 6.61 Å². The third-order valence-electron chi connectivity index (χ3n) is 2.11.